The summed E-state index contributed by atoms with van der Waals surface area (Å²) in [5.74, 6) is 1.71. The van der Waals surface area contributed by atoms with Crippen molar-refractivity contribution in [3.05, 3.63) is 59.4 Å². The molecule has 3 atom stereocenters. The maximum atomic E-state index is 11.1. The number of aliphatic hydroxyl groups is 1. The number of fused-ring (bicyclic) bond motifs is 3. The lowest BCUT2D eigenvalue weighted by Gasteiger charge is -2.37. The third-order valence-electron chi connectivity index (χ3n) is 5.82. The zero-order chi connectivity index (χ0) is 20.0. The van der Waals surface area contributed by atoms with Gasteiger partial charge in [-0.1, -0.05) is 36.4 Å². The van der Waals surface area contributed by atoms with Gasteiger partial charge in [0, 0.05) is 18.7 Å². The van der Waals surface area contributed by atoms with Crippen molar-refractivity contribution in [3.8, 4) is 5.75 Å². The van der Waals surface area contributed by atoms with Crippen LogP contribution in [0.2, 0.25) is 0 Å². The number of rotatable bonds is 6. The third kappa shape index (κ3) is 3.21. The van der Waals surface area contributed by atoms with E-state index in [-0.39, 0.29) is 0 Å². The zero-order valence-corrected chi connectivity index (χ0v) is 16.7. The van der Waals surface area contributed by atoms with E-state index in [2.05, 4.69) is 10.6 Å². The Labute approximate surface area is 170 Å². The number of benzene rings is 2. The average molecular weight is 394 g/mol. The lowest BCUT2D eigenvalue weighted by atomic mass is 9.91. The van der Waals surface area contributed by atoms with Crippen LogP contribution in [-0.2, 0) is 9.47 Å². The van der Waals surface area contributed by atoms with Gasteiger partial charge >= 0.3 is 0 Å². The Balaban J connectivity index is 1.62. The Morgan fingerprint density at radius 2 is 1.93 bits per heavy atom. The Kier molecular flexibility index (Phi) is 4.78. The van der Waals surface area contributed by atoms with E-state index in [0.29, 0.717) is 25.0 Å². The van der Waals surface area contributed by atoms with E-state index in [4.69, 9.17) is 19.2 Å². The van der Waals surface area contributed by atoms with Gasteiger partial charge in [-0.15, -0.1) is 0 Å². The minimum atomic E-state index is -0.828. The fourth-order valence-corrected chi connectivity index (χ4v) is 4.30. The zero-order valence-electron chi connectivity index (χ0n) is 16.7. The normalized spacial score (nSPS) is 23.8. The van der Waals surface area contributed by atoms with Crippen molar-refractivity contribution in [2.45, 2.75) is 44.1 Å². The number of aromatic nitrogens is 2. The van der Waals surface area contributed by atoms with Gasteiger partial charge in [-0.25, -0.2) is 4.98 Å². The molecule has 1 saturated carbocycles. The molecule has 6 nitrogen and oxygen atoms in total. The van der Waals surface area contributed by atoms with Gasteiger partial charge in [0.05, 0.1) is 18.7 Å². The van der Waals surface area contributed by atoms with Gasteiger partial charge < -0.3 is 23.9 Å². The summed E-state index contributed by atoms with van der Waals surface area (Å²) in [5.41, 5.74) is 3.69. The van der Waals surface area contributed by atoms with Gasteiger partial charge in [-0.3, -0.25) is 0 Å². The monoisotopic (exact) mass is 394 g/mol. The number of aryl methyl sites for hydroxylation is 1. The smallest absolute Gasteiger partial charge is 0.154 e. The molecular weight excluding hydrogens is 368 g/mol. The molecule has 0 radical (unpaired) electrons. The number of hydrogen-bond acceptors (Lipinski definition) is 5. The van der Waals surface area contributed by atoms with E-state index in [9.17, 15) is 5.11 Å². The Morgan fingerprint density at radius 3 is 2.66 bits per heavy atom. The highest BCUT2D eigenvalue weighted by molar-refractivity contribution is 5.85. The molecule has 5 rings (SSSR count). The standard InChI is InChI=1S/C23H26N2O4/c1-14-24-19-18(25(14)16-8-9-16)11-10-17-22(19)29-21(15-6-4-3-5-7-15)20(26)23(17)28-13-12-27-2/h3-7,10-11,16,20-21,23,26H,8-9,12-13H2,1-2H3/t20-,21-,23-/m1/s1. The summed E-state index contributed by atoms with van der Waals surface area (Å²) in [6.45, 7) is 2.91. The summed E-state index contributed by atoms with van der Waals surface area (Å²) in [7, 11) is 1.64. The molecule has 0 unspecified atom stereocenters. The number of hydrogen-bond donors (Lipinski definition) is 1. The molecule has 2 aromatic carbocycles. The minimum Gasteiger partial charge on any atom is -0.480 e. The second-order valence-electron chi connectivity index (χ2n) is 7.84. The quantitative estimate of drug-likeness (QED) is 0.643. The number of methoxy groups -OCH3 is 1. The van der Waals surface area contributed by atoms with E-state index in [1.165, 1.54) is 12.8 Å². The first-order valence-electron chi connectivity index (χ1n) is 10.2. The summed E-state index contributed by atoms with van der Waals surface area (Å²) in [6.07, 6.45) is 0.533. The van der Waals surface area contributed by atoms with E-state index in [0.717, 1.165) is 28.0 Å². The van der Waals surface area contributed by atoms with Crippen LogP contribution in [0.4, 0.5) is 0 Å². The van der Waals surface area contributed by atoms with Gasteiger partial charge in [0.1, 0.15) is 23.5 Å². The largest absolute Gasteiger partial charge is 0.480 e. The molecule has 0 bridgehead atoms. The molecule has 6 heteroatoms. The van der Waals surface area contributed by atoms with Crippen molar-refractivity contribution in [3.63, 3.8) is 0 Å². The maximum Gasteiger partial charge on any atom is 0.154 e. The van der Waals surface area contributed by atoms with Gasteiger partial charge in [0.2, 0.25) is 0 Å². The fourth-order valence-electron chi connectivity index (χ4n) is 4.30. The van der Waals surface area contributed by atoms with Crippen LogP contribution >= 0.6 is 0 Å². The van der Waals surface area contributed by atoms with Crippen LogP contribution in [0.15, 0.2) is 42.5 Å². The molecule has 0 saturated heterocycles. The molecule has 29 heavy (non-hydrogen) atoms. The minimum absolute atomic E-state index is 0.396. The first kappa shape index (κ1) is 18.6. The maximum absolute atomic E-state index is 11.1. The Morgan fingerprint density at radius 1 is 1.14 bits per heavy atom. The van der Waals surface area contributed by atoms with Gasteiger partial charge in [0.25, 0.3) is 0 Å². The molecule has 0 spiro atoms. The van der Waals surface area contributed by atoms with Crippen molar-refractivity contribution in [1.29, 1.82) is 0 Å². The van der Waals surface area contributed by atoms with Gasteiger partial charge in [0.15, 0.2) is 11.9 Å². The summed E-state index contributed by atoms with van der Waals surface area (Å²) >= 11 is 0. The predicted molar refractivity (Wildman–Crippen MR) is 109 cm³/mol. The number of imidazole rings is 1. The van der Waals surface area contributed by atoms with Crippen LogP contribution in [-0.4, -0.2) is 41.1 Å². The Bertz CT molecular complexity index is 1010. The number of aliphatic hydroxyl groups excluding tert-OH is 1. The Hall–Kier alpha value is -2.41. The van der Waals surface area contributed by atoms with Crippen molar-refractivity contribution in [2.75, 3.05) is 20.3 Å². The molecule has 1 aromatic heterocycles. The second kappa shape index (κ2) is 7.44. The van der Waals surface area contributed by atoms with Crippen LogP contribution in [0.5, 0.6) is 5.75 Å². The third-order valence-corrected chi connectivity index (χ3v) is 5.82. The first-order valence-corrected chi connectivity index (χ1v) is 10.2. The van der Waals surface area contributed by atoms with E-state index >= 15 is 0 Å². The summed E-state index contributed by atoms with van der Waals surface area (Å²) < 4.78 is 19.9. The van der Waals surface area contributed by atoms with Gasteiger partial charge in [-0.05, 0) is 31.4 Å². The van der Waals surface area contributed by atoms with Crippen molar-refractivity contribution in [2.24, 2.45) is 0 Å². The van der Waals surface area contributed by atoms with Crippen molar-refractivity contribution < 1.29 is 19.3 Å². The molecule has 3 aromatic rings. The van der Waals surface area contributed by atoms with Crippen LogP contribution in [0.1, 0.15) is 48.0 Å². The first-order chi connectivity index (χ1) is 14.2. The van der Waals surface area contributed by atoms with Crippen LogP contribution in [0.3, 0.4) is 0 Å². The molecular formula is C23H26N2O4. The molecule has 1 aliphatic carbocycles. The molecule has 0 amide bonds. The van der Waals surface area contributed by atoms with Crippen LogP contribution < -0.4 is 4.74 Å². The summed E-state index contributed by atoms with van der Waals surface area (Å²) in [4.78, 5) is 4.85. The number of ether oxygens (including phenoxy) is 3. The van der Waals surface area contributed by atoms with E-state index < -0.39 is 18.3 Å². The molecule has 152 valence electrons. The van der Waals surface area contributed by atoms with Crippen LogP contribution in [0.25, 0.3) is 11.0 Å². The SMILES string of the molecule is COCCO[C@@H]1c2ccc3c(nc(C)n3C3CC3)c2O[C@H](c2ccccc2)[C@H]1O. The molecule has 1 N–H and O–H groups in total. The van der Waals surface area contributed by atoms with E-state index in [1.54, 1.807) is 7.11 Å². The highest BCUT2D eigenvalue weighted by Gasteiger charge is 2.41. The topological polar surface area (TPSA) is 65.7 Å². The predicted octanol–water partition coefficient (Wildman–Crippen LogP) is 3.88. The second-order valence-corrected chi connectivity index (χ2v) is 7.84. The fraction of sp³-hybridized carbons (Fsp3) is 0.435. The molecule has 2 aliphatic rings. The van der Waals surface area contributed by atoms with E-state index in [1.807, 2.05) is 43.3 Å². The number of nitrogens with zero attached hydrogens (tertiary/aromatic N) is 2. The molecule has 2 heterocycles. The molecule has 1 fully saturated rings. The highest BCUT2D eigenvalue weighted by atomic mass is 16.5. The lowest BCUT2D eigenvalue weighted by molar-refractivity contribution is -0.108. The lowest BCUT2D eigenvalue weighted by Crippen LogP contribution is -2.36. The van der Waals surface area contributed by atoms with Crippen molar-refractivity contribution >= 4 is 11.0 Å². The van der Waals surface area contributed by atoms with Crippen LogP contribution in [0, 0.1) is 6.92 Å². The van der Waals surface area contributed by atoms with Gasteiger partial charge in [-0.2, -0.15) is 0 Å². The summed E-state index contributed by atoms with van der Waals surface area (Å²) in [6, 6.07) is 14.4. The van der Waals surface area contributed by atoms with Crippen molar-refractivity contribution in [1.82, 2.24) is 9.55 Å². The average Bonchev–Trinajstić information content (AvgIpc) is 3.51. The summed E-state index contributed by atoms with van der Waals surface area (Å²) in [5, 5.41) is 11.1. The highest BCUT2D eigenvalue weighted by Crippen LogP contribution is 2.47. The molecule has 1 aliphatic heterocycles.